The van der Waals surface area contributed by atoms with Crippen LogP contribution in [0.3, 0.4) is 0 Å². The van der Waals surface area contributed by atoms with Gasteiger partial charge in [-0.05, 0) is 38.0 Å². The highest BCUT2D eigenvalue weighted by molar-refractivity contribution is 7.97. The highest BCUT2D eigenvalue weighted by Gasteiger charge is 2.37. The molecule has 29 heavy (non-hydrogen) atoms. The molecule has 1 saturated heterocycles. The average molecular weight is 453 g/mol. The second kappa shape index (κ2) is 10.5. The van der Waals surface area contributed by atoms with Crippen molar-refractivity contribution in [3.63, 3.8) is 0 Å². The van der Waals surface area contributed by atoms with Crippen LogP contribution in [0.4, 0.5) is 13.2 Å². The largest absolute Gasteiger partial charge is 0.741 e. The van der Waals surface area contributed by atoms with Gasteiger partial charge in [0.15, 0.2) is 15.0 Å². The van der Waals surface area contributed by atoms with Gasteiger partial charge in [-0.1, -0.05) is 18.2 Å². The Morgan fingerprint density at radius 2 is 1.62 bits per heavy atom. The van der Waals surface area contributed by atoms with Gasteiger partial charge in [0.2, 0.25) is 0 Å². The zero-order valence-corrected chi connectivity index (χ0v) is 17.5. The number of benzene rings is 2. The van der Waals surface area contributed by atoms with Crippen LogP contribution in [0.25, 0.3) is 10.8 Å². The number of fused-ring (bicyclic) bond motifs is 1. The van der Waals surface area contributed by atoms with E-state index < -0.39 is 15.6 Å². The fourth-order valence-corrected chi connectivity index (χ4v) is 5.35. The molecular weight excluding hydrogens is 429 g/mol. The van der Waals surface area contributed by atoms with E-state index in [2.05, 4.69) is 36.4 Å². The van der Waals surface area contributed by atoms with Crippen LogP contribution in [-0.4, -0.2) is 49.8 Å². The second-order valence-electron chi connectivity index (χ2n) is 6.16. The summed E-state index contributed by atoms with van der Waals surface area (Å²) < 4.78 is 70.2. The number of alkyl halides is 3. The van der Waals surface area contributed by atoms with E-state index in [9.17, 15) is 13.2 Å². The Bertz CT molecular complexity index is 894. The molecule has 0 amide bonds. The predicted molar refractivity (Wildman–Crippen MR) is 106 cm³/mol. The standard InChI is InChI=1S/C18H23O2S.CHF3O3S/c1-2-19-11-12-20-17-9-10-18(21-13-5-6-14-21)16-8-4-3-7-15(16)17;2-1(3,4)8(5,6)7/h3-4,7-10H,2,5-6,11-14H2,1H3;(H,5,6,7)/q+1;/p-1. The molecule has 1 aliphatic heterocycles. The molecule has 0 spiro atoms. The van der Waals surface area contributed by atoms with Crippen LogP contribution in [0.5, 0.6) is 5.75 Å². The molecule has 0 atom stereocenters. The molecule has 3 rings (SSSR count). The molecule has 2 aromatic rings. The SMILES string of the molecule is CCOCCOc1ccc([S+]2CCCC2)c2ccccc12.O=S(=O)([O-])C(F)(F)F. The highest BCUT2D eigenvalue weighted by Crippen LogP contribution is 2.34. The average Bonchev–Trinajstić information content (AvgIpc) is 3.18. The third-order valence-corrected chi connectivity index (χ3v) is 7.27. The summed E-state index contributed by atoms with van der Waals surface area (Å²) in [5, 5.41) is 2.61. The second-order valence-corrected chi connectivity index (χ2v) is 9.77. The first-order valence-corrected chi connectivity index (χ1v) is 12.0. The molecule has 0 bridgehead atoms. The van der Waals surface area contributed by atoms with E-state index in [-0.39, 0.29) is 0 Å². The normalized spacial score (nSPS) is 15.2. The molecule has 1 fully saturated rings. The summed E-state index contributed by atoms with van der Waals surface area (Å²) in [5.41, 5.74) is -5.65. The van der Waals surface area contributed by atoms with Gasteiger partial charge in [-0.25, -0.2) is 8.42 Å². The summed E-state index contributed by atoms with van der Waals surface area (Å²) in [4.78, 5) is 1.53. The fraction of sp³-hybridized carbons (Fsp3) is 0.474. The van der Waals surface area contributed by atoms with Gasteiger partial charge in [0.05, 0.1) is 6.61 Å². The Hall–Kier alpha value is -1.49. The molecule has 0 saturated carbocycles. The van der Waals surface area contributed by atoms with Crippen molar-refractivity contribution < 1.29 is 35.6 Å². The molecule has 0 radical (unpaired) electrons. The van der Waals surface area contributed by atoms with E-state index in [0.29, 0.717) is 24.1 Å². The molecule has 0 aliphatic carbocycles. The third-order valence-electron chi connectivity index (χ3n) is 4.16. The molecule has 162 valence electrons. The maximum absolute atomic E-state index is 10.7. The minimum atomic E-state index is -6.09. The topological polar surface area (TPSA) is 75.7 Å². The molecular formula is C19H23F3O5S2. The van der Waals surface area contributed by atoms with Crippen molar-refractivity contribution in [1.29, 1.82) is 0 Å². The summed E-state index contributed by atoms with van der Waals surface area (Å²) in [5.74, 6) is 3.69. The van der Waals surface area contributed by atoms with Crippen molar-refractivity contribution in [3.05, 3.63) is 36.4 Å². The van der Waals surface area contributed by atoms with Crippen molar-refractivity contribution >= 4 is 31.8 Å². The van der Waals surface area contributed by atoms with Crippen LogP contribution < -0.4 is 4.74 Å². The van der Waals surface area contributed by atoms with Gasteiger partial charge in [0.25, 0.3) is 0 Å². The van der Waals surface area contributed by atoms with Crippen molar-refractivity contribution in [2.24, 2.45) is 0 Å². The van der Waals surface area contributed by atoms with E-state index in [4.69, 9.17) is 22.4 Å². The van der Waals surface area contributed by atoms with Crippen LogP contribution in [0.15, 0.2) is 41.3 Å². The van der Waals surface area contributed by atoms with Crippen molar-refractivity contribution in [2.45, 2.75) is 30.2 Å². The number of ether oxygens (including phenoxy) is 2. The predicted octanol–water partition coefficient (Wildman–Crippen LogP) is 4.08. The van der Waals surface area contributed by atoms with E-state index in [1.165, 1.54) is 40.0 Å². The van der Waals surface area contributed by atoms with Crippen LogP contribution in [0, 0.1) is 0 Å². The summed E-state index contributed by atoms with van der Waals surface area (Å²) in [6.07, 6.45) is 2.76. The lowest BCUT2D eigenvalue weighted by Gasteiger charge is -2.11. The van der Waals surface area contributed by atoms with Gasteiger partial charge < -0.3 is 14.0 Å². The molecule has 0 aromatic heterocycles. The maximum Gasteiger partial charge on any atom is 0.485 e. The molecule has 0 unspecified atom stereocenters. The zero-order valence-electron chi connectivity index (χ0n) is 15.9. The lowest BCUT2D eigenvalue weighted by atomic mass is 10.1. The number of rotatable bonds is 6. The van der Waals surface area contributed by atoms with E-state index >= 15 is 0 Å². The minimum absolute atomic E-state index is 0.437. The lowest BCUT2D eigenvalue weighted by Crippen LogP contribution is -2.21. The van der Waals surface area contributed by atoms with Crippen molar-refractivity contribution in [1.82, 2.24) is 0 Å². The minimum Gasteiger partial charge on any atom is -0.741 e. The molecule has 2 aromatic carbocycles. The molecule has 5 nitrogen and oxygen atoms in total. The maximum atomic E-state index is 10.7. The van der Waals surface area contributed by atoms with Crippen LogP contribution in [0.1, 0.15) is 19.8 Å². The Morgan fingerprint density at radius 3 is 2.17 bits per heavy atom. The zero-order chi connectivity index (χ0) is 21.5. The Morgan fingerprint density at radius 1 is 1.03 bits per heavy atom. The van der Waals surface area contributed by atoms with E-state index in [0.717, 1.165) is 12.4 Å². The van der Waals surface area contributed by atoms with Crippen LogP contribution >= 0.6 is 0 Å². The monoisotopic (exact) mass is 452 g/mol. The van der Waals surface area contributed by atoms with Crippen molar-refractivity contribution in [2.75, 3.05) is 31.3 Å². The highest BCUT2D eigenvalue weighted by atomic mass is 32.2. The summed E-state index contributed by atoms with van der Waals surface area (Å²) in [6.45, 7) is 4.01. The lowest BCUT2D eigenvalue weighted by molar-refractivity contribution is -0.0517. The Kier molecular flexibility index (Phi) is 8.62. The van der Waals surface area contributed by atoms with Crippen LogP contribution in [0.2, 0.25) is 0 Å². The van der Waals surface area contributed by atoms with Gasteiger partial charge in [-0.2, -0.15) is 13.2 Å². The van der Waals surface area contributed by atoms with E-state index in [1.807, 2.05) is 6.92 Å². The van der Waals surface area contributed by atoms with Crippen molar-refractivity contribution in [3.8, 4) is 5.75 Å². The molecule has 0 N–H and O–H groups in total. The number of halogens is 3. The van der Waals surface area contributed by atoms with Crippen LogP contribution in [-0.2, 0) is 25.7 Å². The first-order valence-electron chi connectivity index (χ1n) is 9.07. The summed E-state index contributed by atoms with van der Waals surface area (Å²) in [7, 11) is -5.65. The first kappa shape index (κ1) is 23.8. The number of hydrogen-bond acceptors (Lipinski definition) is 5. The van der Waals surface area contributed by atoms with Gasteiger partial charge in [-0.3, -0.25) is 0 Å². The van der Waals surface area contributed by atoms with Gasteiger partial charge in [0.1, 0.15) is 23.9 Å². The molecule has 10 heteroatoms. The first-order chi connectivity index (χ1) is 13.6. The Labute approximate surface area is 171 Å². The molecule has 1 heterocycles. The Balaban J connectivity index is 0.000000321. The molecule has 1 aliphatic rings. The van der Waals surface area contributed by atoms with Gasteiger partial charge in [0, 0.05) is 28.3 Å². The van der Waals surface area contributed by atoms with E-state index in [1.54, 1.807) is 0 Å². The number of hydrogen-bond donors (Lipinski definition) is 0. The van der Waals surface area contributed by atoms with Gasteiger partial charge >= 0.3 is 5.51 Å². The smallest absolute Gasteiger partial charge is 0.485 e. The summed E-state index contributed by atoms with van der Waals surface area (Å²) in [6, 6.07) is 13.1. The fourth-order valence-electron chi connectivity index (χ4n) is 2.85. The third kappa shape index (κ3) is 6.77. The van der Waals surface area contributed by atoms with Gasteiger partial charge in [-0.15, -0.1) is 0 Å². The quantitative estimate of drug-likeness (QED) is 0.286. The summed E-state index contributed by atoms with van der Waals surface area (Å²) >= 11 is 0.